The summed E-state index contributed by atoms with van der Waals surface area (Å²) in [5.41, 5.74) is 1.42. The van der Waals surface area contributed by atoms with Gasteiger partial charge in [0, 0.05) is 30.4 Å². The second kappa shape index (κ2) is 6.20. The lowest BCUT2D eigenvalue weighted by molar-refractivity contribution is 0.530. The quantitative estimate of drug-likeness (QED) is 0.702. The molecule has 3 heteroatoms. The van der Waals surface area contributed by atoms with Gasteiger partial charge in [-0.2, -0.15) is 0 Å². The van der Waals surface area contributed by atoms with Crippen LogP contribution in [-0.2, 0) is 6.54 Å². The molecule has 2 rings (SSSR count). The van der Waals surface area contributed by atoms with Crippen molar-refractivity contribution >= 4 is 0 Å². The van der Waals surface area contributed by atoms with Crippen LogP contribution in [-0.4, -0.2) is 22.1 Å². The highest BCUT2D eigenvalue weighted by molar-refractivity contribution is 5.05. The normalized spacial score (nSPS) is 15.7. The summed E-state index contributed by atoms with van der Waals surface area (Å²) in [6, 6.07) is 0.830. The molecule has 1 aromatic heterocycles. The fraction of sp³-hybridized carbons (Fsp3) is 0.786. The molecule has 1 aromatic rings. The Bertz CT molecular complexity index is 324. The average Bonchev–Trinajstić information content (AvgIpc) is 3.06. The van der Waals surface area contributed by atoms with E-state index in [0.29, 0.717) is 5.92 Å². The highest BCUT2D eigenvalue weighted by Crippen LogP contribution is 2.22. The van der Waals surface area contributed by atoms with Crippen LogP contribution in [0.2, 0.25) is 0 Å². The van der Waals surface area contributed by atoms with Gasteiger partial charge >= 0.3 is 0 Å². The van der Waals surface area contributed by atoms with Crippen molar-refractivity contribution in [3.05, 3.63) is 18.2 Å². The Morgan fingerprint density at radius 1 is 1.41 bits per heavy atom. The van der Waals surface area contributed by atoms with Crippen LogP contribution in [0.25, 0.3) is 0 Å². The summed E-state index contributed by atoms with van der Waals surface area (Å²) >= 11 is 0. The molecular weight excluding hydrogens is 210 g/mol. The first-order valence-corrected chi connectivity index (χ1v) is 7.08. The number of aryl methyl sites for hydroxylation is 1. The van der Waals surface area contributed by atoms with E-state index in [1.165, 1.54) is 37.8 Å². The van der Waals surface area contributed by atoms with E-state index < -0.39 is 0 Å². The fourth-order valence-electron chi connectivity index (χ4n) is 2.41. The molecule has 1 N–H and O–H groups in total. The van der Waals surface area contributed by atoms with E-state index >= 15 is 0 Å². The van der Waals surface area contributed by atoms with Gasteiger partial charge in [0.25, 0.3) is 0 Å². The molecular formula is C14H25N3. The molecule has 0 radical (unpaired) electrons. The summed E-state index contributed by atoms with van der Waals surface area (Å²) in [5.74, 6) is 0.675. The minimum absolute atomic E-state index is 0.675. The third-order valence-electron chi connectivity index (χ3n) is 3.73. The van der Waals surface area contributed by atoms with Crippen LogP contribution in [0, 0.1) is 0 Å². The van der Waals surface area contributed by atoms with Crippen molar-refractivity contribution in [2.45, 2.75) is 64.5 Å². The Morgan fingerprint density at radius 3 is 2.82 bits per heavy atom. The second-order valence-corrected chi connectivity index (χ2v) is 5.11. The lowest BCUT2D eigenvalue weighted by atomic mass is 10.00. The lowest BCUT2D eigenvalue weighted by Gasteiger charge is -2.15. The predicted octanol–water partition coefficient (Wildman–Crippen LogP) is 2.93. The Labute approximate surface area is 105 Å². The van der Waals surface area contributed by atoms with E-state index in [-0.39, 0.29) is 0 Å². The first-order chi connectivity index (χ1) is 8.35. The number of hydrogen-bond acceptors (Lipinski definition) is 2. The van der Waals surface area contributed by atoms with Gasteiger partial charge in [0.2, 0.25) is 0 Å². The molecule has 0 unspecified atom stereocenters. The molecule has 0 amide bonds. The third kappa shape index (κ3) is 3.56. The Morgan fingerprint density at radius 2 is 2.18 bits per heavy atom. The number of rotatable bonds is 8. The molecule has 0 aliphatic heterocycles. The van der Waals surface area contributed by atoms with Gasteiger partial charge in [-0.25, -0.2) is 4.98 Å². The first-order valence-electron chi connectivity index (χ1n) is 7.08. The van der Waals surface area contributed by atoms with Crippen molar-refractivity contribution in [3.8, 4) is 0 Å². The number of hydrogen-bond donors (Lipinski definition) is 1. The van der Waals surface area contributed by atoms with Gasteiger partial charge in [0.05, 0.1) is 6.33 Å². The zero-order valence-corrected chi connectivity index (χ0v) is 11.2. The zero-order chi connectivity index (χ0) is 12.1. The van der Waals surface area contributed by atoms with E-state index in [2.05, 4.69) is 28.7 Å². The molecule has 1 saturated carbocycles. The molecule has 17 heavy (non-hydrogen) atoms. The maximum Gasteiger partial charge on any atom is 0.0948 e. The lowest BCUT2D eigenvalue weighted by Crippen LogP contribution is -2.19. The maximum absolute atomic E-state index is 4.31. The average molecular weight is 235 g/mol. The van der Waals surface area contributed by atoms with Crippen molar-refractivity contribution in [1.82, 2.24) is 14.9 Å². The van der Waals surface area contributed by atoms with Gasteiger partial charge in [-0.05, 0) is 38.6 Å². The first kappa shape index (κ1) is 12.6. The summed E-state index contributed by atoms with van der Waals surface area (Å²) in [6.07, 6.45) is 10.4. The standard InChI is InChI=1S/C14H25N3/c1-3-12(4-2)14-10-15-11-17(14)9-5-8-16-13-6-7-13/h10-13,16H,3-9H2,1-2H3. The van der Waals surface area contributed by atoms with E-state index in [0.717, 1.165) is 19.1 Å². The molecule has 0 saturated heterocycles. The summed E-state index contributed by atoms with van der Waals surface area (Å²) in [6.45, 7) is 6.77. The molecule has 1 aliphatic rings. The van der Waals surface area contributed by atoms with Crippen molar-refractivity contribution < 1.29 is 0 Å². The van der Waals surface area contributed by atoms with Crippen LogP contribution < -0.4 is 5.32 Å². The van der Waals surface area contributed by atoms with Gasteiger partial charge in [-0.3, -0.25) is 0 Å². The van der Waals surface area contributed by atoms with Gasteiger partial charge in [-0.15, -0.1) is 0 Å². The molecule has 1 fully saturated rings. The van der Waals surface area contributed by atoms with Crippen LogP contribution in [0.4, 0.5) is 0 Å². The van der Waals surface area contributed by atoms with Gasteiger partial charge in [0.15, 0.2) is 0 Å². The summed E-state index contributed by atoms with van der Waals surface area (Å²) in [4.78, 5) is 4.31. The molecule has 3 nitrogen and oxygen atoms in total. The molecule has 0 aromatic carbocycles. The van der Waals surface area contributed by atoms with Crippen LogP contribution in [0.3, 0.4) is 0 Å². The van der Waals surface area contributed by atoms with Crippen LogP contribution >= 0.6 is 0 Å². The van der Waals surface area contributed by atoms with E-state index in [1.54, 1.807) is 0 Å². The summed E-state index contributed by atoms with van der Waals surface area (Å²) in [7, 11) is 0. The third-order valence-corrected chi connectivity index (χ3v) is 3.73. The van der Waals surface area contributed by atoms with E-state index in [4.69, 9.17) is 0 Å². The topological polar surface area (TPSA) is 29.9 Å². The molecule has 1 aliphatic carbocycles. The van der Waals surface area contributed by atoms with Crippen molar-refractivity contribution in [1.29, 1.82) is 0 Å². The number of imidazole rings is 1. The second-order valence-electron chi connectivity index (χ2n) is 5.11. The van der Waals surface area contributed by atoms with Gasteiger partial charge < -0.3 is 9.88 Å². The highest BCUT2D eigenvalue weighted by Gasteiger charge is 2.19. The number of nitrogens with zero attached hydrogens (tertiary/aromatic N) is 2. The molecule has 0 spiro atoms. The predicted molar refractivity (Wildman–Crippen MR) is 71.2 cm³/mol. The van der Waals surface area contributed by atoms with Crippen LogP contribution in [0.15, 0.2) is 12.5 Å². The zero-order valence-electron chi connectivity index (χ0n) is 11.2. The Balaban J connectivity index is 1.80. The monoisotopic (exact) mass is 235 g/mol. The minimum Gasteiger partial charge on any atom is -0.334 e. The maximum atomic E-state index is 4.31. The van der Waals surface area contributed by atoms with E-state index in [1.807, 2.05) is 12.5 Å². The highest BCUT2D eigenvalue weighted by atomic mass is 15.1. The fourth-order valence-corrected chi connectivity index (χ4v) is 2.41. The van der Waals surface area contributed by atoms with Gasteiger partial charge in [-0.1, -0.05) is 13.8 Å². The molecule has 0 atom stereocenters. The smallest absolute Gasteiger partial charge is 0.0948 e. The van der Waals surface area contributed by atoms with Crippen molar-refractivity contribution in [2.24, 2.45) is 0 Å². The Kier molecular flexibility index (Phi) is 4.60. The van der Waals surface area contributed by atoms with Crippen molar-refractivity contribution in [2.75, 3.05) is 6.54 Å². The summed E-state index contributed by atoms with van der Waals surface area (Å²) < 4.78 is 2.34. The number of nitrogens with one attached hydrogen (secondary N) is 1. The molecule has 96 valence electrons. The summed E-state index contributed by atoms with van der Waals surface area (Å²) in [5, 5.41) is 3.56. The van der Waals surface area contributed by atoms with E-state index in [9.17, 15) is 0 Å². The van der Waals surface area contributed by atoms with Gasteiger partial charge in [0.1, 0.15) is 0 Å². The minimum atomic E-state index is 0.675. The van der Waals surface area contributed by atoms with Crippen LogP contribution in [0.1, 0.15) is 57.6 Å². The SMILES string of the molecule is CCC(CC)c1cncn1CCCNC1CC1. The van der Waals surface area contributed by atoms with Crippen LogP contribution in [0.5, 0.6) is 0 Å². The molecule has 1 heterocycles. The number of aromatic nitrogens is 2. The Hall–Kier alpha value is -0.830. The largest absolute Gasteiger partial charge is 0.334 e. The van der Waals surface area contributed by atoms with Crippen molar-refractivity contribution in [3.63, 3.8) is 0 Å². The molecule has 0 bridgehead atoms.